The lowest BCUT2D eigenvalue weighted by atomic mass is 9.73. The highest BCUT2D eigenvalue weighted by Crippen LogP contribution is 2.38. The number of amides is 4. The summed E-state index contributed by atoms with van der Waals surface area (Å²) in [6.07, 6.45) is 3.24. The van der Waals surface area contributed by atoms with Gasteiger partial charge in [-0.2, -0.15) is 0 Å². The molecule has 0 bridgehead atoms. The number of imide groups is 1. The second-order valence-electron chi connectivity index (χ2n) is 8.97. The molecule has 3 rings (SSSR count). The molecule has 1 aromatic heterocycles. The molecule has 4 amide bonds. The summed E-state index contributed by atoms with van der Waals surface area (Å²) in [6.45, 7) is 6.67. The first kappa shape index (κ1) is 21.8. The Balaban J connectivity index is 1.51. The summed E-state index contributed by atoms with van der Waals surface area (Å²) >= 11 is 0. The number of anilines is 1. The molecule has 1 spiro atoms. The van der Waals surface area contributed by atoms with Crippen molar-refractivity contribution in [3.63, 3.8) is 0 Å². The van der Waals surface area contributed by atoms with Gasteiger partial charge < -0.3 is 14.6 Å². The van der Waals surface area contributed by atoms with Gasteiger partial charge in [0.25, 0.3) is 11.8 Å². The summed E-state index contributed by atoms with van der Waals surface area (Å²) in [5.41, 5.74) is -0.516. The Kier molecular flexibility index (Phi) is 5.87. The van der Waals surface area contributed by atoms with Crippen LogP contribution in [0.15, 0.2) is 10.6 Å². The fourth-order valence-electron chi connectivity index (χ4n) is 3.82. The molecular weight excluding hydrogens is 392 g/mol. The number of carbonyl (C=O) groups excluding carboxylic acids is 4. The van der Waals surface area contributed by atoms with Gasteiger partial charge in [0.15, 0.2) is 6.61 Å². The number of carbonyl (C=O) groups is 4. The van der Waals surface area contributed by atoms with Gasteiger partial charge in [-0.1, -0.05) is 45.7 Å². The molecule has 30 heavy (non-hydrogen) atoms. The van der Waals surface area contributed by atoms with Crippen LogP contribution in [0.2, 0.25) is 0 Å². The van der Waals surface area contributed by atoms with Crippen molar-refractivity contribution in [3.05, 3.63) is 11.8 Å². The van der Waals surface area contributed by atoms with Crippen molar-refractivity contribution in [1.29, 1.82) is 0 Å². The van der Waals surface area contributed by atoms with Crippen LogP contribution < -0.4 is 10.6 Å². The molecule has 10 heteroatoms. The lowest BCUT2D eigenvalue weighted by Crippen LogP contribution is -2.54. The van der Waals surface area contributed by atoms with Crippen LogP contribution in [-0.4, -0.2) is 52.6 Å². The summed E-state index contributed by atoms with van der Waals surface area (Å²) in [4.78, 5) is 50.1. The van der Waals surface area contributed by atoms with Gasteiger partial charge in [0.1, 0.15) is 12.1 Å². The molecule has 2 N–H and O–H groups in total. The number of hydrogen-bond donors (Lipinski definition) is 2. The fraction of sp³-hybridized carbons (Fsp3) is 0.650. The Morgan fingerprint density at radius 1 is 1.37 bits per heavy atom. The van der Waals surface area contributed by atoms with Gasteiger partial charge in [0, 0.05) is 11.5 Å². The van der Waals surface area contributed by atoms with Gasteiger partial charge in [-0.15, -0.1) is 0 Å². The zero-order valence-electron chi connectivity index (χ0n) is 17.7. The summed E-state index contributed by atoms with van der Waals surface area (Å²) in [5, 5.41) is 9.10. The molecule has 1 aromatic rings. The maximum atomic E-state index is 12.8. The van der Waals surface area contributed by atoms with Crippen molar-refractivity contribution in [2.24, 2.45) is 5.92 Å². The first-order valence-corrected chi connectivity index (χ1v) is 10.1. The van der Waals surface area contributed by atoms with E-state index in [0.717, 1.165) is 24.2 Å². The minimum absolute atomic E-state index is 0.00519. The van der Waals surface area contributed by atoms with E-state index in [1.54, 1.807) is 6.07 Å². The first-order chi connectivity index (χ1) is 14.0. The van der Waals surface area contributed by atoms with E-state index in [2.05, 4.69) is 15.8 Å². The molecule has 1 aliphatic carbocycles. The monoisotopic (exact) mass is 420 g/mol. The van der Waals surface area contributed by atoms with E-state index in [9.17, 15) is 19.2 Å². The summed E-state index contributed by atoms with van der Waals surface area (Å²) in [7, 11) is 0. The number of aromatic nitrogens is 1. The number of rotatable bonds is 5. The number of hydrogen-bond acceptors (Lipinski definition) is 7. The number of urea groups is 1. The molecule has 2 atom stereocenters. The number of ether oxygens (including phenoxy) is 1. The van der Waals surface area contributed by atoms with Crippen molar-refractivity contribution >= 4 is 29.7 Å². The van der Waals surface area contributed by atoms with Crippen molar-refractivity contribution in [2.75, 3.05) is 18.5 Å². The summed E-state index contributed by atoms with van der Waals surface area (Å²) < 4.78 is 9.97. The molecule has 0 unspecified atom stereocenters. The summed E-state index contributed by atoms with van der Waals surface area (Å²) in [5.74, 6) is -1.73. The predicted molar refractivity (Wildman–Crippen MR) is 105 cm³/mol. The van der Waals surface area contributed by atoms with Crippen molar-refractivity contribution in [1.82, 2.24) is 15.4 Å². The average molecular weight is 420 g/mol. The average Bonchev–Trinajstić information content (AvgIpc) is 3.22. The molecule has 164 valence electrons. The zero-order chi connectivity index (χ0) is 22.1. The van der Waals surface area contributed by atoms with Gasteiger partial charge in [0.2, 0.25) is 5.88 Å². The van der Waals surface area contributed by atoms with Crippen molar-refractivity contribution in [3.8, 4) is 0 Å². The highest BCUT2D eigenvalue weighted by Gasteiger charge is 2.55. The molecular formula is C20H28N4O6. The smallest absolute Gasteiger partial charge is 0.326 e. The minimum atomic E-state index is -0.940. The molecule has 2 heterocycles. The Labute approximate surface area is 174 Å². The van der Waals surface area contributed by atoms with E-state index in [1.165, 1.54) is 0 Å². The first-order valence-electron chi connectivity index (χ1n) is 10.1. The van der Waals surface area contributed by atoms with Gasteiger partial charge in [-0.3, -0.25) is 24.6 Å². The number of nitrogens with zero attached hydrogens (tertiary/aromatic N) is 2. The molecule has 2 fully saturated rings. The van der Waals surface area contributed by atoms with Crippen LogP contribution in [0.1, 0.15) is 59.1 Å². The van der Waals surface area contributed by atoms with E-state index in [1.807, 2.05) is 27.7 Å². The van der Waals surface area contributed by atoms with Crippen molar-refractivity contribution in [2.45, 2.75) is 64.3 Å². The standard InChI is InChI=1S/C20H28N4O6/c1-12-7-5-6-8-20(12)17(27)24(18(28)22-20)10-16(26)29-11-14(25)21-15-9-13(23-30-15)19(2,3)4/h9,12H,5-8,10-11H2,1-4H3,(H,21,25)(H,22,28)/t12-,20+/m0/s1. The Hall–Kier alpha value is -2.91. The lowest BCUT2D eigenvalue weighted by molar-refractivity contribution is -0.150. The Morgan fingerprint density at radius 2 is 2.10 bits per heavy atom. The normalized spacial score (nSPS) is 24.1. The third-order valence-electron chi connectivity index (χ3n) is 5.69. The van der Waals surface area contributed by atoms with Crippen LogP contribution in [0.3, 0.4) is 0 Å². The molecule has 0 aromatic carbocycles. The maximum absolute atomic E-state index is 12.8. The largest absolute Gasteiger partial charge is 0.454 e. The van der Waals surface area contributed by atoms with E-state index in [-0.39, 0.29) is 17.2 Å². The van der Waals surface area contributed by atoms with Crippen LogP contribution >= 0.6 is 0 Å². The van der Waals surface area contributed by atoms with Gasteiger partial charge in [-0.05, 0) is 18.8 Å². The predicted octanol–water partition coefficient (Wildman–Crippen LogP) is 1.95. The minimum Gasteiger partial charge on any atom is -0.454 e. The van der Waals surface area contributed by atoms with Gasteiger partial charge >= 0.3 is 12.0 Å². The highest BCUT2D eigenvalue weighted by molar-refractivity contribution is 6.09. The second-order valence-corrected chi connectivity index (χ2v) is 8.97. The molecule has 2 aliphatic rings. The van der Waals surface area contributed by atoms with E-state index >= 15 is 0 Å². The van der Waals surface area contributed by atoms with Crippen LogP contribution in [0.4, 0.5) is 10.7 Å². The lowest BCUT2D eigenvalue weighted by Gasteiger charge is -2.36. The SMILES string of the molecule is C[C@H]1CCCC[C@@]12NC(=O)N(CC(=O)OCC(=O)Nc1cc(C(C)(C)C)no1)C2=O. The highest BCUT2D eigenvalue weighted by atomic mass is 16.5. The number of nitrogens with one attached hydrogen (secondary N) is 2. The molecule has 1 saturated carbocycles. The Morgan fingerprint density at radius 3 is 2.73 bits per heavy atom. The third kappa shape index (κ3) is 4.31. The molecule has 10 nitrogen and oxygen atoms in total. The van der Waals surface area contributed by atoms with E-state index in [0.29, 0.717) is 12.1 Å². The third-order valence-corrected chi connectivity index (χ3v) is 5.69. The van der Waals surface area contributed by atoms with Crippen LogP contribution in [0.25, 0.3) is 0 Å². The second kappa shape index (κ2) is 8.08. The molecule has 1 aliphatic heterocycles. The quantitative estimate of drug-likeness (QED) is 0.550. The van der Waals surface area contributed by atoms with Crippen LogP contribution in [0.5, 0.6) is 0 Å². The van der Waals surface area contributed by atoms with E-state index < -0.39 is 42.5 Å². The van der Waals surface area contributed by atoms with Crippen LogP contribution in [-0.2, 0) is 24.5 Å². The van der Waals surface area contributed by atoms with Crippen LogP contribution in [0, 0.1) is 5.92 Å². The van der Waals surface area contributed by atoms with E-state index in [4.69, 9.17) is 9.26 Å². The van der Waals surface area contributed by atoms with Gasteiger partial charge in [-0.25, -0.2) is 4.79 Å². The van der Waals surface area contributed by atoms with Gasteiger partial charge in [0.05, 0.1) is 5.69 Å². The topological polar surface area (TPSA) is 131 Å². The number of esters is 1. The maximum Gasteiger partial charge on any atom is 0.326 e. The fourth-order valence-corrected chi connectivity index (χ4v) is 3.82. The molecule has 1 saturated heterocycles. The molecule has 0 radical (unpaired) electrons. The summed E-state index contributed by atoms with van der Waals surface area (Å²) in [6, 6.07) is 0.990. The van der Waals surface area contributed by atoms with Crippen molar-refractivity contribution < 1.29 is 28.4 Å². The zero-order valence-corrected chi connectivity index (χ0v) is 17.7. The Bertz CT molecular complexity index is 858.